The summed E-state index contributed by atoms with van der Waals surface area (Å²) >= 11 is 0. The van der Waals surface area contributed by atoms with Crippen LogP contribution in [-0.4, -0.2) is 51.6 Å². The molecule has 0 bridgehead atoms. The molecule has 0 unspecified atom stereocenters. The summed E-state index contributed by atoms with van der Waals surface area (Å²) in [6.45, 7) is 0.937. The highest BCUT2D eigenvalue weighted by Crippen LogP contribution is 2.12. The molecule has 0 saturated heterocycles. The van der Waals surface area contributed by atoms with Crippen molar-refractivity contribution >= 4 is 29.1 Å². The lowest BCUT2D eigenvalue weighted by Gasteiger charge is -2.10. The third kappa shape index (κ3) is 6.40. The number of anilines is 2. The maximum Gasteiger partial charge on any atom is 0.251 e. The number of amides is 3. The van der Waals surface area contributed by atoms with Gasteiger partial charge in [0.2, 0.25) is 5.91 Å². The molecule has 0 heterocycles. The monoisotopic (exact) mass is 384 g/mol. The zero-order valence-electron chi connectivity index (χ0n) is 15.9. The molecule has 0 aliphatic heterocycles. The molecule has 0 aliphatic rings. The fourth-order valence-electron chi connectivity index (χ4n) is 2.38. The van der Waals surface area contributed by atoms with Gasteiger partial charge >= 0.3 is 0 Å². The van der Waals surface area contributed by atoms with Gasteiger partial charge < -0.3 is 26.0 Å². The topological polar surface area (TPSA) is 109 Å². The number of hydrogen-bond donors (Lipinski definition) is 4. The first-order chi connectivity index (χ1) is 13.5. The van der Waals surface area contributed by atoms with E-state index >= 15 is 0 Å². The number of carbonyl (C=O) groups excluding carboxylic acids is 3. The van der Waals surface area contributed by atoms with Crippen LogP contribution in [0.2, 0.25) is 0 Å². The van der Waals surface area contributed by atoms with Gasteiger partial charge in [0.1, 0.15) is 0 Å². The van der Waals surface area contributed by atoms with Gasteiger partial charge in [0.15, 0.2) is 0 Å². The zero-order valence-corrected chi connectivity index (χ0v) is 15.9. The van der Waals surface area contributed by atoms with Gasteiger partial charge in [0.25, 0.3) is 11.8 Å². The Hall–Kier alpha value is -3.39. The standard InChI is InChI=1S/C20H24N4O4/c1-21-19(26)15-4-3-5-17(12-15)24-18(25)13-23-16-8-6-14(7-9-16)20(27)22-10-11-28-2/h3-9,12,23H,10-11,13H2,1-2H3,(H,21,26)(H,22,27)(H,24,25). The predicted molar refractivity (Wildman–Crippen MR) is 108 cm³/mol. The minimum absolute atomic E-state index is 0.0452. The molecule has 2 rings (SSSR count). The van der Waals surface area contributed by atoms with Gasteiger partial charge in [-0.15, -0.1) is 0 Å². The minimum Gasteiger partial charge on any atom is -0.383 e. The number of methoxy groups -OCH3 is 1. The predicted octanol–water partition coefficient (Wildman–Crippen LogP) is 1.47. The van der Waals surface area contributed by atoms with Crippen molar-refractivity contribution in [2.75, 3.05) is 44.5 Å². The average molecular weight is 384 g/mol. The molecule has 0 aromatic heterocycles. The van der Waals surface area contributed by atoms with Crippen LogP contribution in [-0.2, 0) is 9.53 Å². The number of hydrogen-bond acceptors (Lipinski definition) is 5. The number of carbonyl (C=O) groups is 3. The van der Waals surface area contributed by atoms with Crippen LogP contribution in [0.5, 0.6) is 0 Å². The Morgan fingerprint density at radius 2 is 1.68 bits per heavy atom. The van der Waals surface area contributed by atoms with Gasteiger partial charge in [-0.3, -0.25) is 14.4 Å². The van der Waals surface area contributed by atoms with Gasteiger partial charge in [-0.25, -0.2) is 0 Å². The second kappa shape index (κ2) is 10.7. The molecule has 28 heavy (non-hydrogen) atoms. The van der Waals surface area contributed by atoms with Crippen LogP contribution in [0.1, 0.15) is 20.7 Å². The molecule has 0 spiro atoms. The molecule has 148 valence electrons. The Morgan fingerprint density at radius 1 is 0.929 bits per heavy atom. The summed E-state index contributed by atoms with van der Waals surface area (Å²) in [5.41, 5.74) is 2.24. The minimum atomic E-state index is -0.254. The Morgan fingerprint density at radius 3 is 2.36 bits per heavy atom. The molecular formula is C20H24N4O4. The molecule has 0 atom stereocenters. The SMILES string of the molecule is CNC(=O)c1cccc(NC(=O)CNc2ccc(C(=O)NCCOC)cc2)c1. The molecule has 8 heteroatoms. The molecule has 2 aromatic rings. The van der Waals surface area contributed by atoms with Crippen molar-refractivity contribution in [2.24, 2.45) is 0 Å². The second-order valence-electron chi connectivity index (χ2n) is 5.89. The highest BCUT2D eigenvalue weighted by atomic mass is 16.5. The van der Waals surface area contributed by atoms with E-state index in [-0.39, 0.29) is 24.3 Å². The van der Waals surface area contributed by atoms with Gasteiger partial charge in [-0.1, -0.05) is 6.07 Å². The first-order valence-corrected chi connectivity index (χ1v) is 8.76. The number of rotatable bonds is 9. The first kappa shape index (κ1) is 20.9. The number of ether oxygens (including phenoxy) is 1. The summed E-state index contributed by atoms with van der Waals surface area (Å²) in [5, 5.41) is 11.0. The fraction of sp³-hybridized carbons (Fsp3) is 0.250. The lowest BCUT2D eigenvalue weighted by Crippen LogP contribution is -2.26. The molecule has 0 radical (unpaired) electrons. The van der Waals surface area contributed by atoms with Crippen molar-refractivity contribution in [3.63, 3.8) is 0 Å². The van der Waals surface area contributed by atoms with Crippen LogP contribution in [0.3, 0.4) is 0 Å². The van der Waals surface area contributed by atoms with Crippen molar-refractivity contribution in [1.29, 1.82) is 0 Å². The largest absolute Gasteiger partial charge is 0.383 e. The van der Waals surface area contributed by atoms with Crippen molar-refractivity contribution < 1.29 is 19.1 Å². The summed E-state index contributed by atoms with van der Waals surface area (Å²) in [6.07, 6.45) is 0. The molecule has 0 aliphatic carbocycles. The fourth-order valence-corrected chi connectivity index (χ4v) is 2.38. The summed E-state index contributed by atoms with van der Waals surface area (Å²) in [7, 11) is 3.12. The molecule has 0 saturated carbocycles. The van der Waals surface area contributed by atoms with Crippen LogP contribution in [0, 0.1) is 0 Å². The van der Waals surface area contributed by atoms with Gasteiger partial charge in [-0.05, 0) is 42.5 Å². The number of benzene rings is 2. The highest BCUT2D eigenvalue weighted by Gasteiger charge is 2.08. The maximum absolute atomic E-state index is 12.1. The van der Waals surface area contributed by atoms with Crippen molar-refractivity contribution in [1.82, 2.24) is 10.6 Å². The summed E-state index contributed by atoms with van der Waals surface area (Å²) < 4.78 is 4.89. The van der Waals surface area contributed by atoms with Crippen molar-refractivity contribution in [3.05, 3.63) is 59.7 Å². The third-order valence-corrected chi connectivity index (χ3v) is 3.83. The van der Waals surface area contributed by atoms with E-state index in [9.17, 15) is 14.4 Å². The molecule has 3 amide bonds. The van der Waals surface area contributed by atoms with E-state index in [1.807, 2.05) is 0 Å². The highest BCUT2D eigenvalue weighted by molar-refractivity contribution is 5.98. The molecule has 2 aromatic carbocycles. The first-order valence-electron chi connectivity index (χ1n) is 8.76. The zero-order chi connectivity index (χ0) is 20.4. The lowest BCUT2D eigenvalue weighted by molar-refractivity contribution is -0.114. The third-order valence-electron chi connectivity index (χ3n) is 3.83. The Bertz CT molecular complexity index is 821. The maximum atomic E-state index is 12.1. The summed E-state index contributed by atoms with van der Waals surface area (Å²) in [4.78, 5) is 35.7. The van der Waals surface area contributed by atoms with Gasteiger partial charge in [-0.2, -0.15) is 0 Å². The van der Waals surface area contributed by atoms with E-state index in [4.69, 9.17) is 4.74 Å². The van der Waals surface area contributed by atoms with E-state index in [0.29, 0.717) is 35.7 Å². The lowest BCUT2D eigenvalue weighted by atomic mass is 10.2. The van der Waals surface area contributed by atoms with E-state index in [1.165, 1.54) is 0 Å². The quantitative estimate of drug-likeness (QED) is 0.490. The molecule has 8 nitrogen and oxygen atoms in total. The van der Waals surface area contributed by atoms with Crippen LogP contribution in [0.4, 0.5) is 11.4 Å². The Balaban J connectivity index is 1.84. The average Bonchev–Trinajstić information content (AvgIpc) is 2.72. The molecule has 0 fully saturated rings. The Kier molecular flexibility index (Phi) is 7.98. The van der Waals surface area contributed by atoms with E-state index in [1.54, 1.807) is 62.7 Å². The smallest absolute Gasteiger partial charge is 0.251 e. The van der Waals surface area contributed by atoms with E-state index in [2.05, 4.69) is 21.3 Å². The molecular weight excluding hydrogens is 360 g/mol. The summed E-state index contributed by atoms with van der Waals surface area (Å²) in [5.74, 6) is -0.659. The van der Waals surface area contributed by atoms with E-state index < -0.39 is 0 Å². The van der Waals surface area contributed by atoms with E-state index in [0.717, 1.165) is 0 Å². The normalized spacial score (nSPS) is 10.1. The van der Waals surface area contributed by atoms with Crippen LogP contribution < -0.4 is 21.3 Å². The van der Waals surface area contributed by atoms with Crippen LogP contribution in [0.25, 0.3) is 0 Å². The van der Waals surface area contributed by atoms with Crippen molar-refractivity contribution in [2.45, 2.75) is 0 Å². The van der Waals surface area contributed by atoms with Gasteiger partial charge in [0.05, 0.1) is 13.2 Å². The van der Waals surface area contributed by atoms with Crippen molar-refractivity contribution in [3.8, 4) is 0 Å². The second-order valence-corrected chi connectivity index (χ2v) is 5.89. The Labute approximate surface area is 163 Å². The summed E-state index contributed by atoms with van der Waals surface area (Å²) in [6, 6.07) is 13.5. The molecule has 4 N–H and O–H groups in total. The number of nitrogens with one attached hydrogen (secondary N) is 4. The van der Waals surface area contributed by atoms with Gasteiger partial charge in [0, 0.05) is 43.2 Å². The van der Waals surface area contributed by atoms with Crippen LogP contribution >= 0.6 is 0 Å². The van der Waals surface area contributed by atoms with Crippen LogP contribution in [0.15, 0.2) is 48.5 Å².